The third-order valence-electron chi connectivity index (χ3n) is 4.87. The third kappa shape index (κ3) is 3.45. The Morgan fingerprint density at radius 1 is 1.06 bits per heavy atom. The van der Waals surface area contributed by atoms with Gasteiger partial charge in [-0.1, -0.05) is 26.7 Å². The first kappa shape index (κ1) is 13.4. The summed E-state index contributed by atoms with van der Waals surface area (Å²) in [5.74, 6) is 0.899. The molecule has 100 valence electrons. The molecule has 0 aromatic rings. The standard InChI is InChI=1S/C15H30N2/c1-3-12(4-2)17-15-10-7-8-13(15)14-9-5-6-11-16-14/h12-17H,3-11H2,1-2H3. The predicted molar refractivity (Wildman–Crippen MR) is 74.3 cm³/mol. The van der Waals surface area contributed by atoms with Gasteiger partial charge in [0.15, 0.2) is 0 Å². The molecule has 2 fully saturated rings. The maximum atomic E-state index is 3.92. The van der Waals surface area contributed by atoms with Gasteiger partial charge in [-0.25, -0.2) is 0 Å². The van der Waals surface area contributed by atoms with E-state index in [1.54, 1.807) is 0 Å². The van der Waals surface area contributed by atoms with E-state index in [0.717, 1.165) is 24.0 Å². The van der Waals surface area contributed by atoms with Gasteiger partial charge < -0.3 is 10.6 Å². The lowest BCUT2D eigenvalue weighted by atomic mass is 9.88. The molecule has 2 N–H and O–H groups in total. The lowest BCUT2D eigenvalue weighted by Gasteiger charge is -2.34. The molecule has 3 unspecified atom stereocenters. The number of piperidine rings is 1. The van der Waals surface area contributed by atoms with E-state index in [9.17, 15) is 0 Å². The Morgan fingerprint density at radius 3 is 2.53 bits per heavy atom. The SMILES string of the molecule is CCC(CC)NC1CCCC1C1CCCCN1. The van der Waals surface area contributed by atoms with Crippen molar-refractivity contribution in [1.29, 1.82) is 0 Å². The summed E-state index contributed by atoms with van der Waals surface area (Å²) in [4.78, 5) is 0. The van der Waals surface area contributed by atoms with Crippen LogP contribution >= 0.6 is 0 Å². The Hall–Kier alpha value is -0.0800. The van der Waals surface area contributed by atoms with Crippen LogP contribution < -0.4 is 10.6 Å². The molecule has 0 bridgehead atoms. The minimum Gasteiger partial charge on any atom is -0.314 e. The average Bonchev–Trinajstić information content (AvgIpc) is 2.85. The number of rotatable bonds is 5. The second-order valence-electron chi connectivity index (χ2n) is 5.94. The molecule has 2 heteroatoms. The molecule has 3 atom stereocenters. The van der Waals surface area contributed by atoms with Gasteiger partial charge in [0.05, 0.1) is 0 Å². The first-order valence-electron chi connectivity index (χ1n) is 7.84. The van der Waals surface area contributed by atoms with Gasteiger partial charge in [-0.3, -0.25) is 0 Å². The normalized spacial score (nSPS) is 34.4. The third-order valence-corrected chi connectivity index (χ3v) is 4.87. The first-order valence-corrected chi connectivity index (χ1v) is 7.84. The van der Waals surface area contributed by atoms with Crippen LogP contribution in [-0.2, 0) is 0 Å². The van der Waals surface area contributed by atoms with Crippen LogP contribution in [-0.4, -0.2) is 24.7 Å². The van der Waals surface area contributed by atoms with Gasteiger partial charge in [0.25, 0.3) is 0 Å². The number of nitrogens with one attached hydrogen (secondary N) is 2. The lowest BCUT2D eigenvalue weighted by molar-refractivity contribution is 0.243. The molecule has 2 nitrogen and oxygen atoms in total. The van der Waals surface area contributed by atoms with Crippen LogP contribution in [0.1, 0.15) is 65.2 Å². The fraction of sp³-hybridized carbons (Fsp3) is 1.00. The minimum atomic E-state index is 0.740. The highest BCUT2D eigenvalue weighted by atomic mass is 15.0. The second-order valence-corrected chi connectivity index (χ2v) is 5.94. The van der Waals surface area contributed by atoms with E-state index in [-0.39, 0.29) is 0 Å². The summed E-state index contributed by atoms with van der Waals surface area (Å²) in [6, 6.07) is 2.33. The maximum absolute atomic E-state index is 3.92. The largest absolute Gasteiger partial charge is 0.314 e. The molecule has 2 rings (SSSR count). The minimum absolute atomic E-state index is 0.740. The zero-order chi connectivity index (χ0) is 12.1. The highest BCUT2D eigenvalue weighted by Gasteiger charge is 2.34. The van der Waals surface area contributed by atoms with Crippen LogP contribution in [0.2, 0.25) is 0 Å². The molecule has 0 radical (unpaired) electrons. The zero-order valence-electron chi connectivity index (χ0n) is 11.7. The molecule has 1 saturated heterocycles. The van der Waals surface area contributed by atoms with Crippen molar-refractivity contribution in [3.05, 3.63) is 0 Å². The summed E-state index contributed by atoms with van der Waals surface area (Å²) in [5.41, 5.74) is 0. The molecule has 2 aliphatic rings. The predicted octanol–water partition coefficient (Wildman–Crippen LogP) is 3.08. The van der Waals surface area contributed by atoms with Crippen LogP contribution in [0.15, 0.2) is 0 Å². The second kappa shape index (κ2) is 6.75. The molecular weight excluding hydrogens is 208 g/mol. The van der Waals surface area contributed by atoms with Crippen LogP contribution in [0.3, 0.4) is 0 Å². The summed E-state index contributed by atoms with van der Waals surface area (Å²) in [7, 11) is 0. The van der Waals surface area contributed by atoms with E-state index in [1.807, 2.05) is 0 Å². The van der Waals surface area contributed by atoms with E-state index in [4.69, 9.17) is 0 Å². The Labute approximate surface area is 107 Å². The zero-order valence-corrected chi connectivity index (χ0v) is 11.7. The molecule has 0 aromatic carbocycles. The Bertz CT molecular complexity index is 207. The van der Waals surface area contributed by atoms with Gasteiger partial charge in [-0.15, -0.1) is 0 Å². The number of hydrogen-bond donors (Lipinski definition) is 2. The number of hydrogen-bond acceptors (Lipinski definition) is 2. The van der Waals surface area contributed by atoms with E-state index in [0.29, 0.717) is 0 Å². The fourth-order valence-corrected chi connectivity index (χ4v) is 3.75. The molecular formula is C15H30N2. The van der Waals surface area contributed by atoms with E-state index in [2.05, 4.69) is 24.5 Å². The van der Waals surface area contributed by atoms with Crippen LogP contribution in [0, 0.1) is 5.92 Å². The molecule has 0 aromatic heterocycles. The molecule has 1 aliphatic carbocycles. The van der Waals surface area contributed by atoms with Crippen molar-refractivity contribution in [3.63, 3.8) is 0 Å². The van der Waals surface area contributed by atoms with Crippen molar-refractivity contribution < 1.29 is 0 Å². The van der Waals surface area contributed by atoms with Gasteiger partial charge in [-0.2, -0.15) is 0 Å². The fourth-order valence-electron chi connectivity index (χ4n) is 3.75. The Balaban J connectivity index is 1.87. The maximum Gasteiger partial charge on any atom is 0.0113 e. The van der Waals surface area contributed by atoms with Gasteiger partial charge >= 0.3 is 0 Å². The Kier molecular flexibility index (Phi) is 5.30. The van der Waals surface area contributed by atoms with Crippen molar-refractivity contribution in [2.75, 3.05) is 6.54 Å². The van der Waals surface area contributed by atoms with Crippen molar-refractivity contribution in [2.45, 2.75) is 83.3 Å². The van der Waals surface area contributed by atoms with E-state index in [1.165, 1.54) is 57.9 Å². The topological polar surface area (TPSA) is 24.1 Å². The van der Waals surface area contributed by atoms with Gasteiger partial charge in [-0.05, 0) is 51.0 Å². The average molecular weight is 238 g/mol. The summed E-state index contributed by atoms with van der Waals surface area (Å²) in [6.45, 7) is 5.87. The summed E-state index contributed by atoms with van der Waals surface area (Å²) >= 11 is 0. The molecule has 0 amide bonds. The van der Waals surface area contributed by atoms with Crippen LogP contribution in [0.25, 0.3) is 0 Å². The van der Waals surface area contributed by atoms with Crippen molar-refractivity contribution >= 4 is 0 Å². The molecule has 1 heterocycles. The highest BCUT2D eigenvalue weighted by Crippen LogP contribution is 2.32. The van der Waals surface area contributed by atoms with Crippen LogP contribution in [0.5, 0.6) is 0 Å². The van der Waals surface area contributed by atoms with Crippen molar-refractivity contribution in [3.8, 4) is 0 Å². The lowest BCUT2D eigenvalue weighted by Crippen LogP contribution is -2.49. The molecule has 17 heavy (non-hydrogen) atoms. The summed E-state index contributed by atoms with van der Waals surface area (Å²) in [5, 5.41) is 7.68. The van der Waals surface area contributed by atoms with Crippen LogP contribution in [0.4, 0.5) is 0 Å². The van der Waals surface area contributed by atoms with Gasteiger partial charge in [0, 0.05) is 18.1 Å². The van der Waals surface area contributed by atoms with E-state index < -0.39 is 0 Å². The smallest absolute Gasteiger partial charge is 0.0113 e. The van der Waals surface area contributed by atoms with Crippen molar-refractivity contribution in [2.24, 2.45) is 5.92 Å². The van der Waals surface area contributed by atoms with E-state index >= 15 is 0 Å². The Morgan fingerprint density at radius 2 is 1.88 bits per heavy atom. The highest BCUT2D eigenvalue weighted by molar-refractivity contribution is 4.93. The van der Waals surface area contributed by atoms with Gasteiger partial charge in [0.2, 0.25) is 0 Å². The summed E-state index contributed by atoms with van der Waals surface area (Å²) < 4.78 is 0. The molecule has 0 spiro atoms. The first-order chi connectivity index (χ1) is 8.35. The monoisotopic (exact) mass is 238 g/mol. The quantitative estimate of drug-likeness (QED) is 0.769. The van der Waals surface area contributed by atoms with Crippen molar-refractivity contribution in [1.82, 2.24) is 10.6 Å². The molecule has 1 saturated carbocycles. The van der Waals surface area contributed by atoms with Gasteiger partial charge in [0.1, 0.15) is 0 Å². The summed E-state index contributed by atoms with van der Waals surface area (Å²) in [6.07, 6.45) is 11.1. The molecule has 1 aliphatic heterocycles.